The maximum Gasteiger partial charge on any atom is 0.356 e. The number of rotatable bonds is 3. The van der Waals surface area contributed by atoms with Gasteiger partial charge in [0.25, 0.3) is 0 Å². The average Bonchev–Trinajstić information content (AvgIpc) is 2.24. The van der Waals surface area contributed by atoms with Gasteiger partial charge in [-0.3, -0.25) is 4.98 Å². The number of carboxylic acids is 1. The van der Waals surface area contributed by atoms with Crippen molar-refractivity contribution in [3.8, 4) is 0 Å². The number of carboxylic acid groups (broad SMARTS) is 1. The first-order valence-corrected chi connectivity index (χ1v) is 6.99. The van der Waals surface area contributed by atoms with Gasteiger partial charge in [0.2, 0.25) is 0 Å². The van der Waals surface area contributed by atoms with Gasteiger partial charge in [-0.05, 0) is 30.1 Å². The maximum absolute atomic E-state index is 10.9. The first-order valence-electron chi connectivity index (χ1n) is 6.99. The van der Waals surface area contributed by atoms with Gasteiger partial charge < -0.3 is 10.4 Å². The normalized spacial score (nSPS) is 21.4. The molecule has 0 aliphatic heterocycles. The summed E-state index contributed by atoms with van der Waals surface area (Å²) in [5.41, 5.74) is 0.526. The van der Waals surface area contributed by atoms with E-state index in [1.54, 1.807) is 6.20 Å². The van der Waals surface area contributed by atoms with Gasteiger partial charge in [-0.25, -0.2) is 9.78 Å². The van der Waals surface area contributed by atoms with E-state index in [4.69, 9.17) is 5.11 Å². The Morgan fingerprint density at radius 2 is 1.85 bits per heavy atom. The third-order valence-corrected chi connectivity index (χ3v) is 3.76. The smallest absolute Gasteiger partial charge is 0.356 e. The minimum absolute atomic E-state index is 0.0238. The molecule has 1 aromatic rings. The van der Waals surface area contributed by atoms with Crippen LogP contribution in [0.15, 0.2) is 12.4 Å². The number of hydrogen-bond acceptors (Lipinski definition) is 4. The van der Waals surface area contributed by atoms with E-state index in [0.29, 0.717) is 11.9 Å². The number of aromatic carboxylic acids is 1. The van der Waals surface area contributed by atoms with Crippen LogP contribution in [0.25, 0.3) is 0 Å². The van der Waals surface area contributed by atoms with Crippen LogP contribution in [0.5, 0.6) is 0 Å². The summed E-state index contributed by atoms with van der Waals surface area (Å²) < 4.78 is 0. The van der Waals surface area contributed by atoms with E-state index in [1.807, 2.05) is 0 Å². The van der Waals surface area contributed by atoms with Crippen molar-refractivity contribution in [1.82, 2.24) is 9.97 Å². The summed E-state index contributed by atoms with van der Waals surface area (Å²) in [6, 6.07) is 0.298. The molecule has 1 aliphatic carbocycles. The quantitative estimate of drug-likeness (QED) is 0.887. The van der Waals surface area contributed by atoms with Crippen molar-refractivity contribution < 1.29 is 9.90 Å². The second kappa shape index (κ2) is 5.04. The number of aromatic nitrogens is 2. The van der Waals surface area contributed by atoms with Crippen LogP contribution in [0, 0.1) is 10.8 Å². The highest BCUT2D eigenvalue weighted by atomic mass is 16.4. The first kappa shape index (κ1) is 14.8. The van der Waals surface area contributed by atoms with Crippen LogP contribution < -0.4 is 5.32 Å². The highest BCUT2D eigenvalue weighted by Gasteiger charge is 2.38. The highest BCUT2D eigenvalue weighted by molar-refractivity contribution is 5.85. The molecule has 1 aliphatic rings. The van der Waals surface area contributed by atoms with E-state index in [9.17, 15) is 4.79 Å². The number of nitrogens with one attached hydrogen (secondary N) is 1. The summed E-state index contributed by atoms with van der Waals surface area (Å²) in [6.07, 6.45) is 6.15. The maximum atomic E-state index is 10.9. The van der Waals surface area contributed by atoms with Crippen LogP contribution in [0.4, 0.5) is 5.82 Å². The Kier molecular flexibility index (Phi) is 3.71. The van der Waals surface area contributed by atoms with Gasteiger partial charge in [-0.15, -0.1) is 0 Å². The molecule has 1 fully saturated rings. The minimum Gasteiger partial charge on any atom is -0.476 e. The summed E-state index contributed by atoms with van der Waals surface area (Å²) in [5.74, 6) is -0.506. The zero-order valence-electron chi connectivity index (χ0n) is 12.6. The number of anilines is 1. The number of hydrogen-bond donors (Lipinski definition) is 2. The van der Waals surface area contributed by atoms with Crippen LogP contribution in [0.3, 0.4) is 0 Å². The van der Waals surface area contributed by atoms with E-state index in [-0.39, 0.29) is 16.5 Å². The van der Waals surface area contributed by atoms with E-state index in [1.165, 1.54) is 12.6 Å². The standard InChI is InChI=1S/C15H23N3O2/c1-14(2)5-10(6-15(3,4)9-14)17-12-8-16-7-11(18-12)13(19)20/h7-8,10H,5-6,9H2,1-4H3,(H,17,18)(H,19,20). The number of carbonyl (C=O) groups is 1. The van der Waals surface area contributed by atoms with E-state index in [2.05, 4.69) is 43.0 Å². The predicted octanol–water partition coefficient (Wildman–Crippen LogP) is 3.19. The molecule has 2 rings (SSSR count). The highest BCUT2D eigenvalue weighted by Crippen LogP contribution is 2.46. The zero-order chi connectivity index (χ0) is 15.0. The molecule has 0 radical (unpaired) electrons. The molecule has 2 N–H and O–H groups in total. The van der Waals surface area contributed by atoms with Gasteiger partial charge in [-0.2, -0.15) is 0 Å². The summed E-state index contributed by atoms with van der Waals surface area (Å²) in [4.78, 5) is 18.9. The fourth-order valence-corrected chi connectivity index (χ4v) is 3.70. The lowest BCUT2D eigenvalue weighted by Crippen LogP contribution is -2.40. The monoisotopic (exact) mass is 277 g/mol. The summed E-state index contributed by atoms with van der Waals surface area (Å²) in [5, 5.41) is 12.3. The van der Waals surface area contributed by atoms with Crippen molar-refractivity contribution >= 4 is 11.8 Å². The lowest BCUT2D eigenvalue weighted by molar-refractivity contribution is 0.0689. The van der Waals surface area contributed by atoms with Gasteiger partial charge in [0.05, 0.1) is 12.4 Å². The molecule has 5 heteroatoms. The van der Waals surface area contributed by atoms with Crippen molar-refractivity contribution in [3.63, 3.8) is 0 Å². The summed E-state index contributed by atoms with van der Waals surface area (Å²) >= 11 is 0. The molecule has 0 saturated heterocycles. The molecule has 0 atom stereocenters. The van der Waals surface area contributed by atoms with Crippen molar-refractivity contribution in [2.75, 3.05) is 5.32 Å². The molecule has 110 valence electrons. The van der Waals surface area contributed by atoms with Crippen LogP contribution in [0.2, 0.25) is 0 Å². The molecular weight excluding hydrogens is 254 g/mol. The topological polar surface area (TPSA) is 75.1 Å². The molecule has 0 spiro atoms. The van der Waals surface area contributed by atoms with Gasteiger partial charge in [0.15, 0.2) is 5.69 Å². The molecule has 20 heavy (non-hydrogen) atoms. The number of nitrogens with zero attached hydrogens (tertiary/aromatic N) is 2. The lowest BCUT2D eigenvalue weighted by atomic mass is 9.63. The van der Waals surface area contributed by atoms with Crippen molar-refractivity contribution in [3.05, 3.63) is 18.1 Å². The fourth-order valence-electron chi connectivity index (χ4n) is 3.70. The average molecular weight is 277 g/mol. The largest absolute Gasteiger partial charge is 0.476 e. The lowest BCUT2D eigenvalue weighted by Gasteiger charge is -2.45. The SMILES string of the molecule is CC1(C)CC(Nc2cncc(C(=O)O)n2)CC(C)(C)C1. The molecule has 5 nitrogen and oxygen atoms in total. The molecule has 1 saturated carbocycles. The molecule has 0 bridgehead atoms. The van der Waals surface area contributed by atoms with Crippen LogP contribution in [-0.2, 0) is 0 Å². The minimum atomic E-state index is -1.05. The Balaban J connectivity index is 2.13. The van der Waals surface area contributed by atoms with Gasteiger partial charge >= 0.3 is 5.97 Å². The molecule has 0 amide bonds. The van der Waals surface area contributed by atoms with Crippen LogP contribution >= 0.6 is 0 Å². The predicted molar refractivity (Wildman–Crippen MR) is 77.8 cm³/mol. The Morgan fingerprint density at radius 3 is 2.40 bits per heavy atom. The molecule has 0 unspecified atom stereocenters. The fraction of sp³-hybridized carbons (Fsp3) is 0.667. The van der Waals surface area contributed by atoms with E-state index < -0.39 is 5.97 Å². The van der Waals surface area contributed by atoms with Gasteiger partial charge in [-0.1, -0.05) is 27.7 Å². The molecule has 1 heterocycles. The second-order valence-corrected chi connectivity index (χ2v) is 7.35. The van der Waals surface area contributed by atoms with Gasteiger partial charge in [0, 0.05) is 6.04 Å². The third-order valence-electron chi connectivity index (χ3n) is 3.76. The van der Waals surface area contributed by atoms with E-state index >= 15 is 0 Å². The Hall–Kier alpha value is -1.65. The third kappa shape index (κ3) is 3.68. The van der Waals surface area contributed by atoms with Crippen LogP contribution in [0.1, 0.15) is 57.4 Å². The Morgan fingerprint density at radius 1 is 1.25 bits per heavy atom. The molecule has 1 aromatic heterocycles. The van der Waals surface area contributed by atoms with Crippen LogP contribution in [-0.4, -0.2) is 27.1 Å². The second-order valence-electron chi connectivity index (χ2n) is 7.35. The zero-order valence-corrected chi connectivity index (χ0v) is 12.6. The Labute approximate surface area is 119 Å². The summed E-state index contributed by atoms with van der Waals surface area (Å²) in [7, 11) is 0. The van der Waals surface area contributed by atoms with Gasteiger partial charge in [0.1, 0.15) is 5.82 Å². The Bertz CT molecular complexity index is 496. The van der Waals surface area contributed by atoms with Crippen molar-refractivity contribution in [2.45, 2.75) is 53.0 Å². The summed E-state index contributed by atoms with van der Waals surface area (Å²) in [6.45, 7) is 9.12. The first-order chi connectivity index (χ1) is 9.17. The molecule has 0 aromatic carbocycles. The van der Waals surface area contributed by atoms with Crippen molar-refractivity contribution in [2.24, 2.45) is 10.8 Å². The van der Waals surface area contributed by atoms with E-state index in [0.717, 1.165) is 12.8 Å². The molecular formula is C15H23N3O2. The van der Waals surface area contributed by atoms with Crippen molar-refractivity contribution in [1.29, 1.82) is 0 Å².